The first-order valence-corrected chi connectivity index (χ1v) is 10.6. The topological polar surface area (TPSA) is 44.8 Å². The molecule has 2 aromatic carbocycles. The van der Waals surface area contributed by atoms with Gasteiger partial charge in [0.05, 0.1) is 18.8 Å². The van der Waals surface area contributed by atoms with Gasteiger partial charge in [0.2, 0.25) is 5.91 Å². The van der Waals surface area contributed by atoms with E-state index in [4.69, 9.17) is 4.74 Å². The van der Waals surface area contributed by atoms with E-state index in [1.54, 1.807) is 7.11 Å². The SMILES string of the molecule is CC[C@H](C)c1ccccc1NC(=O)[C@@H](C)N1CCN(c2ccccc2OC)CC1. The first-order valence-electron chi connectivity index (χ1n) is 10.6. The predicted molar refractivity (Wildman–Crippen MR) is 120 cm³/mol. The summed E-state index contributed by atoms with van der Waals surface area (Å²) in [6, 6.07) is 16.1. The lowest BCUT2D eigenvalue weighted by molar-refractivity contribution is -0.120. The summed E-state index contributed by atoms with van der Waals surface area (Å²) >= 11 is 0. The number of piperazine rings is 1. The second kappa shape index (κ2) is 9.79. The summed E-state index contributed by atoms with van der Waals surface area (Å²) in [7, 11) is 1.71. The van der Waals surface area contributed by atoms with Crippen molar-refractivity contribution < 1.29 is 9.53 Å². The third kappa shape index (κ3) is 4.91. The van der Waals surface area contributed by atoms with Crippen molar-refractivity contribution in [3.8, 4) is 5.75 Å². The number of methoxy groups -OCH3 is 1. The van der Waals surface area contributed by atoms with Crippen molar-refractivity contribution in [1.82, 2.24) is 4.90 Å². The maximum atomic E-state index is 12.9. The Balaban J connectivity index is 1.61. The standard InChI is InChI=1S/C24H33N3O2/c1-5-18(2)20-10-6-7-11-21(20)25-24(28)19(3)26-14-16-27(17-15-26)22-12-8-9-13-23(22)29-4/h6-13,18-19H,5,14-17H2,1-4H3,(H,25,28)/t18-,19+/m0/s1. The largest absolute Gasteiger partial charge is 0.495 e. The number of hydrogen-bond acceptors (Lipinski definition) is 4. The molecular formula is C24H33N3O2. The minimum Gasteiger partial charge on any atom is -0.495 e. The number of amides is 1. The first-order chi connectivity index (χ1) is 14.0. The van der Waals surface area contributed by atoms with Crippen LogP contribution in [-0.4, -0.2) is 50.1 Å². The van der Waals surface area contributed by atoms with E-state index in [2.05, 4.69) is 41.1 Å². The van der Waals surface area contributed by atoms with Crippen LogP contribution in [0.5, 0.6) is 5.75 Å². The fourth-order valence-electron chi connectivity index (χ4n) is 3.90. The van der Waals surface area contributed by atoms with Crippen molar-refractivity contribution in [2.24, 2.45) is 0 Å². The lowest BCUT2D eigenvalue weighted by Crippen LogP contribution is -2.53. The van der Waals surface area contributed by atoms with Gasteiger partial charge in [0.1, 0.15) is 5.75 Å². The molecule has 1 fully saturated rings. The Morgan fingerprint density at radius 3 is 2.38 bits per heavy atom. The molecule has 1 N–H and O–H groups in total. The van der Waals surface area contributed by atoms with Gasteiger partial charge in [-0.25, -0.2) is 0 Å². The van der Waals surface area contributed by atoms with Gasteiger partial charge in [-0.15, -0.1) is 0 Å². The fourth-order valence-corrected chi connectivity index (χ4v) is 3.90. The van der Waals surface area contributed by atoms with Crippen LogP contribution in [0.1, 0.15) is 38.7 Å². The summed E-state index contributed by atoms with van der Waals surface area (Å²) < 4.78 is 5.50. The molecule has 156 valence electrons. The Labute approximate surface area is 174 Å². The average Bonchev–Trinajstić information content (AvgIpc) is 2.78. The Morgan fingerprint density at radius 1 is 1.03 bits per heavy atom. The number of ether oxygens (including phenoxy) is 1. The van der Waals surface area contributed by atoms with Gasteiger partial charge in [-0.05, 0) is 43.0 Å². The number of hydrogen-bond donors (Lipinski definition) is 1. The lowest BCUT2D eigenvalue weighted by Gasteiger charge is -2.39. The molecule has 0 aromatic heterocycles. The van der Waals surface area contributed by atoms with E-state index in [-0.39, 0.29) is 11.9 Å². The maximum Gasteiger partial charge on any atom is 0.241 e. The van der Waals surface area contributed by atoms with E-state index in [0.29, 0.717) is 5.92 Å². The molecule has 1 aliphatic heterocycles. The summed E-state index contributed by atoms with van der Waals surface area (Å²) in [5.74, 6) is 1.38. The Bertz CT molecular complexity index is 815. The van der Waals surface area contributed by atoms with Crippen molar-refractivity contribution in [1.29, 1.82) is 0 Å². The molecule has 5 nitrogen and oxygen atoms in total. The molecule has 1 saturated heterocycles. The molecule has 2 atom stereocenters. The highest BCUT2D eigenvalue weighted by Gasteiger charge is 2.27. The number of rotatable bonds is 7. The Morgan fingerprint density at radius 2 is 1.69 bits per heavy atom. The van der Waals surface area contributed by atoms with E-state index >= 15 is 0 Å². The van der Waals surface area contributed by atoms with E-state index in [1.807, 2.05) is 43.3 Å². The number of carbonyl (C=O) groups excluding carboxylic acids is 1. The number of para-hydroxylation sites is 3. The Kier molecular flexibility index (Phi) is 7.15. The van der Waals surface area contributed by atoms with Gasteiger partial charge >= 0.3 is 0 Å². The zero-order valence-corrected chi connectivity index (χ0v) is 18.0. The van der Waals surface area contributed by atoms with Gasteiger partial charge in [-0.2, -0.15) is 0 Å². The second-order valence-corrected chi connectivity index (χ2v) is 7.76. The van der Waals surface area contributed by atoms with Crippen molar-refractivity contribution in [2.45, 2.75) is 39.2 Å². The monoisotopic (exact) mass is 395 g/mol. The lowest BCUT2D eigenvalue weighted by atomic mass is 9.97. The predicted octanol–water partition coefficient (Wildman–Crippen LogP) is 4.36. The zero-order chi connectivity index (χ0) is 20.8. The number of benzene rings is 2. The quantitative estimate of drug-likeness (QED) is 0.757. The van der Waals surface area contributed by atoms with Gasteiger partial charge < -0.3 is 15.0 Å². The highest BCUT2D eigenvalue weighted by Crippen LogP contribution is 2.29. The van der Waals surface area contributed by atoms with E-state index in [0.717, 1.165) is 49.7 Å². The third-order valence-corrected chi connectivity index (χ3v) is 6.03. The Hall–Kier alpha value is -2.53. The number of anilines is 2. The van der Waals surface area contributed by atoms with Crippen molar-refractivity contribution >= 4 is 17.3 Å². The highest BCUT2D eigenvalue weighted by atomic mass is 16.5. The molecule has 3 rings (SSSR count). The van der Waals surface area contributed by atoms with Gasteiger partial charge in [-0.3, -0.25) is 9.69 Å². The molecule has 29 heavy (non-hydrogen) atoms. The number of nitrogens with one attached hydrogen (secondary N) is 1. The molecule has 5 heteroatoms. The molecule has 0 aliphatic carbocycles. The van der Waals surface area contributed by atoms with Crippen LogP contribution in [0.15, 0.2) is 48.5 Å². The number of nitrogens with zero attached hydrogens (tertiary/aromatic N) is 2. The zero-order valence-electron chi connectivity index (χ0n) is 18.0. The molecule has 1 amide bonds. The van der Waals surface area contributed by atoms with E-state index in [9.17, 15) is 4.79 Å². The normalized spacial score (nSPS) is 16.9. The third-order valence-electron chi connectivity index (χ3n) is 6.03. The van der Waals surface area contributed by atoms with Gasteiger partial charge in [0.15, 0.2) is 0 Å². The second-order valence-electron chi connectivity index (χ2n) is 7.76. The molecule has 1 heterocycles. The summed E-state index contributed by atoms with van der Waals surface area (Å²) in [5, 5.41) is 3.17. The van der Waals surface area contributed by atoms with Crippen LogP contribution in [0, 0.1) is 0 Å². The molecule has 0 saturated carbocycles. The molecule has 0 radical (unpaired) electrons. The van der Waals surface area contributed by atoms with E-state index in [1.165, 1.54) is 5.56 Å². The van der Waals surface area contributed by atoms with Gasteiger partial charge in [-0.1, -0.05) is 44.2 Å². The van der Waals surface area contributed by atoms with Gasteiger partial charge in [0.25, 0.3) is 0 Å². The molecule has 1 aliphatic rings. The van der Waals surface area contributed by atoms with Crippen LogP contribution in [0.25, 0.3) is 0 Å². The van der Waals surface area contributed by atoms with Crippen molar-refractivity contribution in [3.05, 3.63) is 54.1 Å². The van der Waals surface area contributed by atoms with Crippen molar-refractivity contribution in [3.63, 3.8) is 0 Å². The average molecular weight is 396 g/mol. The molecule has 0 spiro atoms. The summed E-state index contributed by atoms with van der Waals surface area (Å²) in [6.45, 7) is 9.82. The van der Waals surface area contributed by atoms with Crippen LogP contribution in [0.4, 0.5) is 11.4 Å². The molecule has 2 aromatic rings. The summed E-state index contributed by atoms with van der Waals surface area (Å²) in [4.78, 5) is 17.5. The van der Waals surface area contributed by atoms with Crippen LogP contribution in [-0.2, 0) is 4.79 Å². The minimum absolute atomic E-state index is 0.0616. The number of carbonyl (C=O) groups is 1. The summed E-state index contributed by atoms with van der Waals surface area (Å²) in [6.07, 6.45) is 1.05. The van der Waals surface area contributed by atoms with Crippen molar-refractivity contribution in [2.75, 3.05) is 43.5 Å². The highest BCUT2D eigenvalue weighted by molar-refractivity contribution is 5.95. The molecular weight excluding hydrogens is 362 g/mol. The van der Waals surface area contributed by atoms with Crippen LogP contribution < -0.4 is 15.0 Å². The molecule has 0 unspecified atom stereocenters. The van der Waals surface area contributed by atoms with Crippen LogP contribution in [0.3, 0.4) is 0 Å². The maximum absolute atomic E-state index is 12.9. The molecule has 0 bridgehead atoms. The van der Waals surface area contributed by atoms with Crippen LogP contribution >= 0.6 is 0 Å². The minimum atomic E-state index is -0.167. The summed E-state index contributed by atoms with van der Waals surface area (Å²) in [5.41, 5.74) is 3.26. The fraction of sp³-hybridized carbons (Fsp3) is 0.458. The smallest absolute Gasteiger partial charge is 0.241 e. The van der Waals surface area contributed by atoms with Crippen LogP contribution in [0.2, 0.25) is 0 Å². The van der Waals surface area contributed by atoms with E-state index < -0.39 is 0 Å². The van der Waals surface area contributed by atoms with Gasteiger partial charge in [0, 0.05) is 31.9 Å². The first kappa shape index (κ1) is 21.2.